The quantitative estimate of drug-likeness (QED) is 0.516. The lowest BCUT2D eigenvalue weighted by atomic mass is 9.82. The lowest BCUT2D eigenvalue weighted by Gasteiger charge is -2.20. The molecule has 1 unspecified atom stereocenters. The normalized spacial score (nSPS) is 25.4. The molecule has 1 fully saturated rings. The van der Waals surface area contributed by atoms with Gasteiger partial charge in [-0.05, 0) is 32.2 Å². The zero-order valence-electron chi connectivity index (χ0n) is 9.85. The highest BCUT2D eigenvalue weighted by atomic mass is 16.1. The average molecular weight is 209 g/mol. The monoisotopic (exact) mass is 209 g/mol. The lowest BCUT2D eigenvalue weighted by Crippen LogP contribution is -2.29. The molecule has 0 bridgehead atoms. The molecule has 1 saturated heterocycles. The molecule has 2 nitrogen and oxygen atoms in total. The fraction of sp³-hybridized carbons (Fsp3) is 0.769. The number of allylic oxidation sites excluding steroid dienone is 1. The molecule has 1 heterocycles. The minimum atomic E-state index is -0.0710. The van der Waals surface area contributed by atoms with Gasteiger partial charge in [0.2, 0.25) is 0 Å². The van der Waals surface area contributed by atoms with Crippen molar-refractivity contribution in [1.29, 1.82) is 0 Å². The molecule has 0 amide bonds. The van der Waals surface area contributed by atoms with E-state index >= 15 is 0 Å². The second-order valence-corrected chi connectivity index (χ2v) is 4.80. The van der Waals surface area contributed by atoms with Crippen molar-refractivity contribution in [3.8, 4) is 0 Å². The molecule has 1 aliphatic heterocycles. The Balaban J connectivity index is 2.15. The van der Waals surface area contributed by atoms with E-state index in [9.17, 15) is 4.79 Å². The van der Waals surface area contributed by atoms with E-state index < -0.39 is 0 Å². The Bertz CT molecular complexity index is 217. The van der Waals surface area contributed by atoms with E-state index in [1.54, 1.807) is 0 Å². The van der Waals surface area contributed by atoms with Crippen molar-refractivity contribution in [1.82, 2.24) is 5.32 Å². The summed E-state index contributed by atoms with van der Waals surface area (Å²) in [7, 11) is 0. The summed E-state index contributed by atoms with van der Waals surface area (Å²) in [5, 5.41) is 3.27. The summed E-state index contributed by atoms with van der Waals surface area (Å²) in [5.74, 6) is 0.450. The van der Waals surface area contributed by atoms with Gasteiger partial charge >= 0.3 is 0 Å². The Labute approximate surface area is 93.1 Å². The van der Waals surface area contributed by atoms with Crippen LogP contribution in [0, 0.1) is 5.41 Å². The zero-order chi connectivity index (χ0) is 11.1. The van der Waals surface area contributed by atoms with Gasteiger partial charge in [0.25, 0.3) is 0 Å². The molecule has 1 rings (SSSR count). The molecule has 2 heteroatoms. The molecule has 0 spiro atoms. The Kier molecular flexibility index (Phi) is 5.03. The Morgan fingerprint density at radius 1 is 1.47 bits per heavy atom. The molecule has 0 aromatic carbocycles. The summed E-state index contributed by atoms with van der Waals surface area (Å²) in [5.41, 5.74) is -0.0710. The number of ketones is 1. The summed E-state index contributed by atoms with van der Waals surface area (Å²) in [6.45, 7) is 7.66. The first-order chi connectivity index (χ1) is 7.19. The van der Waals surface area contributed by atoms with E-state index in [0.29, 0.717) is 5.78 Å². The SMILES string of the molecule is C=CCCCCCC(=O)C1(C)CCNC1. The molecule has 15 heavy (non-hydrogen) atoms. The summed E-state index contributed by atoms with van der Waals surface area (Å²) in [6, 6.07) is 0. The first-order valence-electron chi connectivity index (χ1n) is 6.04. The van der Waals surface area contributed by atoms with E-state index in [4.69, 9.17) is 0 Å². The third-order valence-corrected chi connectivity index (χ3v) is 3.35. The van der Waals surface area contributed by atoms with E-state index in [-0.39, 0.29) is 5.41 Å². The van der Waals surface area contributed by atoms with Crippen molar-refractivity contribution in [2.45, 2.75) is 45.4 Å². The zero-order valence-corrected chi connectivity index (χ0v) is 9.85. The van der Waals surface area contributed by atoms with Crippen LogP contribution in [0.15, 0.2) is 12.7 Å². The summed E-state index contributed by atoms with van der Waals surface area (Å²) in [4.78, 5) is 11.9. The Hall–Kier alpha value is -0.630. The number of hydrogen-bond donors (Lipinski definition) is 1. The van der Waals surface area contributed by atoms with Crippen LogP contribution in [-0.4, -0.2) is 18.9 Å². The second-order valence-electron chi connectivity index (χ2n) is 4.80. The van der Waals surface area contributed by atoms with Gasteiger partial charge < -0.3 is 5.32 Å². The van der Waals surface area contributed by atoms with Gasteiger partial charge in [-0.2, -0.15) is 0 Å². The topological polar surface area (TPSA) is 29.1 Å². The third-order valence-electron chi connectivity index (χ3n) is 3.35. The number of carbonyl (C=O) groups excluding carboxylic acids is 1. The number of carbonyl (C=O) groups is 1. The average Bonchev–Trinajstić information content (AvgIpc) is 2.66. The van der Waals surface area contributed by atoms with Crippen molar-refractivity contribution in [2.75, 3.05) is 13.1 Å². The Morgan fingerprint density at radius 3 is 2.87 bits per heavy atom. The minimum absolute atomic E-state index is 0.0710. The summed E-state index contributed by atoms with van der Waals surface area (Å²) >= 11 is 0. The molecule has 0 radical (unpaired) electrons. The van der Waals surface area contributed by atoms with Crippen LogP contribution in [0.25, 0.3) is 0 Å². The minimum Gasteiger partial charge on any atom is -0.316 e. The van der Waals surface area contributed by atoms with E-state index in [1.165, 1.54) is 6.42 Å². The van der Waals surface area contributed by atoms with Crippen LogP contribution in [0.4, 0.5) is 0 Å². The molecule has 0 aromatic heterocycles. The predicted molar refractivity (Wildman–Crippen MR) is 63.9 cm³/mol. The highest BCUT2D eigenvalue weighted by Gasteiger charge is 2.34. The molecule has 0 saturated carbocycles. The van der Waals surface area contributed by atoms with Crippen molar-refractivity contribution >= 4 is 5.78 Å². The number of rotatable bonds is 7. The van der Waals surface area contributed by atoms with E-state index in [2.05, 4.69) is 18.8 Å². The molecular formula is C13H23NO. The summed E-state index contributed by atoms with van der Waals surface area (Å²) < 4.78 is 0. The maximum atomic E-state index is 11.9. The second kappa shape index (κ2) is 6.06. The van der Waals surface area contributed by atoms with Gasteiger partial charge in [-0.15, -0.1) is 6.58 Å². The molecule has 1 aliphatic rings. The third kappa shape index (κ3) is 3.78. The number of unbranched alkanes of at least 4 members (excludes halogenated alkanes) is 3. The predicted octanol–water partition coefficient (Wildman–Crippen LogP) is 2.69. The molecule has 1 N–H and O–H groups in total. The van der Waals surface area contributed by atoms with Gasteiger partial charge in [0.1, 0.15) is 5.78 Å². The fourth-order valence-corrected chi connectivity index (χ4v) is 2.11. The van der Waals surface area contributed by atoms with E-state index in [0.717, 1.165) is 45.2 Å². The molecule has 0 aliphatic carbocycles. The molecule has 86 valence electrons. The first-order valence-corrected chi connectivity index (χ1v) is 6.04. The number of nitrogens with one attached hydrogen (secondary N) is 1. The molecule has 1 atom stereocenters. The maximum Gasteiger partial charge on any atom is 0.140 e. The van der Waals surface area contributed by atoms with Gasteiger partial charge in [-0.25, -0.2) is 0 Å². The number of hydrogen-bond acceptors (Lipinski definition) is 2. The van der Waals surface area contributed by atoms with E-state index in [1.807, 2.05) is 6.08 Å². The summed E-state index contributed by atoms with van der Waals surface area (Å²) in [6.07, 6.45) is 8.17. The van der Waals surface area contributed by atoms with Gasteiger partial charge in [0.05, 0.1) is 0 Å². The van der Waals surface area contributed by atoms with Crippen molar-refractivity contribution in [3.63, 3.8) is 0 Å². The van der Waals surface area contributed by atoms with Gasteiger partial charge in [-0.3, -0.25) is 4.79 Å². The van der Waals surface area contributed by atoms with Crippen molar-refractivity contribution in [2.24, 2.45) is 5.41 Å². The van der Waals surface area contributed by atoms with Crippen molar-refractivity contribution < 1.29 is 4.79 Å². The van der Waals surface area contributed by atoms with Gasteiger partial charge in [0.15, 0.2) is 0 Å². The smallest absolute Gasteiger partial charge is 0.140 e. The fourth-order valence-electron chi connectivity index (χ4n) is 2.11. The van der Waals surface area contributed by atoms with Crippen LogP contribution < -0.4 is 5.32 Å². The largest absolute Gasteiger partial charge is 0.316 e. The van der Waals surface area contributed by atoms with Crippen LogP contribution in [0.1, 0.15) is 45.4 Å². The highest BCUT2D eigenvalue weighted by Crippen LogP contribution is 2.27. The van der Waals surface area contributed by atoms with Crippen LogP contribution in [0.3, 0.4) is 0 Å². The molecular weight excluding hydrogens is 186 g/mol. The van der Waals surface area contributed by atoms with Crippen LogP contribution in [0.5, 0.6) is 0 Å². The van der Waals surface area contributed by atoms with Crippen LogP contribution in [-0.2, 0) is 4.79 Å². The number of Topliss-reactive ketones (excluding diaryl/α,β-unsaturated/α-hetero) is 1. The first kappa shape index (κ1) is 12.4. The highest BCUT2D eigenvalue weighted by molar-refractivity contribution is 5.85. The maximum absolute atomic E-state index is 11.9. The standard InChI is InChI=1S/C13H23NO/c1-3-4-5-6-7-8-12(15)13(2)9-10-14-11-13/h3,14H,1,4-11H2,2H3. The lowest BCUT2D eigenvalue weighted by molar-refractivity contribution is -0.127. The van der Waals surface area contributed by atoms with Gasteiger partial charge in [0, 0.05) is 18.4 Å². The Morgan fingerprint density at radius 2 is 2.27 bits per heavy atom. The van der Waals surface area contributed by atoms with Crippen LogP contribution >= 0.6 is 0 Å². The van der Waals surface area contributed by atoms with Gasteiger partial charge in [-0.1, -0.05) is 19.4 Å². The van der Waals surface area contributed by atoms with Crippen molar-refractivity contribution in [3.05, 3.63) is 12.7 Å². The molecule has 0 aromatic rings. The van der Waals surface area contributed by atoms with Crippen LogP contribution in [0.2, 0.25) is 0 Å².